The lowest BCUT2D eigenvalue weighted by molar-refractivity contribution is -0.116. The highest BCUT2D eigenvalue weighted by Gasteiger charge is 2.17. The van der Waals surface area contributed by atoms with Crippen molar-refractivity contribution in [1.82, 2.24) is 14.6 Å². The third-order valence-electron chi connectivity index (χ3n) is 5.23. The average Bonchev–Trinajstić information content (AvgIpc) is 3.14. The number of primary amides is 1. The molecule has 0 bridgehead atoms. The first-order valence-corrected chi connectivity index (χ1v) is 11.7. The van der Waals surface area contributed by atoms with Gasteiger partial charge in [0.2, 0.25) is 15.9 Å². The Kier molecular flexibility index (Phi) is 6.49. The van der Waals surface area contributed by atoms with E-state index in [9.17, 15) is 18.0 Å². The van der Waals surface area contributed by atoms with Gasteiger partial charge in [-0.3, -0.25) is 14.3 Å². The maximum Gasteiger partial charge on any atom is 0.254 e. The summed E-state index contributed by atoms with van der Waals surface area (Å²) < 4.78 is 27.6. The molecule has 0 aliphatic rings. The molecule has 0 aliphatic heterocycles. The Bertz CT molecular complexity index is 1310. The van der Waals surface area contributed by atoms with Gasteiger partial charge in [0, 0.05) is 23.5 Å². The number of nitrogens with two attached hydrogens (primary N) is 1. The van der Waals surface area contributed by atoms with Crippen LogP contribution in [0.25, 0.3) is 5.65 Å². The van der Waals surface area contributed by atoms with Gasteiger partial charge in [0.25, 0.3) is 5.91 Å². The Hall–Kier alpha value is -3.47. The maximum absolute atomic E-state index is 12.5. The number of sulfonamides is 1. The highest BCUT2D eigenvalue weighted by molar-refractivity contribution is 7.92. The van der Waals surface area contributed by atoms with Gasteiger partial charge in [-0.1, -0.05) is 0 Å². The number of anilines is 2. The summed E-state index contributed by atoms with van der Waals surface area (Å²) in [6.45, 7) is 7.00. The zero-order valence-corrected chi connectivity index (χ0v) is 19.2. The van der Waals surface area contributed by atoms with Crippen LogP contribution in [0.1, 0.15) is 46.2 Å². The second-order valence-corrected chi connectivity index (χ2v) is 9.51. The monoisotopic (exact) mass is 458 g/mol. The van der Waals surface area contributed by atoms with Gasteiger partial charge in [0.05, 0.1) is 17.6 Å². The van der Waals surface area contributed by atoms with E-state index in [-0.39, 0.29) is 23.6 Å². The van der Waals surface area contributed by atoms with Crippen molar-refractivity contribution in [3.8, 4) is 0 Å². The quantitative estimate of drug-likeness (QED) is 0.471. The van der Waals surface area contributed by atoms with Crippen molar-refractivity contribution < 1.29 is 18.0 Å². The van der Waals surface area contributed by atoms with Crippen LogP contribution >= 0.6 is 0 Å². The number of aromatic nitrogens is 3. The van der Waals surface area contributed by atoms with E-state index in [0.29, 0.717) is 34.7 Å². The van der Waals surface area contributed by atoms with Crippen LogP contribution in [0.15, 0.2) is 24.4 Å². The Labute approximate surface area is 186 Å². The molecule has 1 aromatic carbocycles. The second-order valence-electron chi connectivity index (χ2n) is 7.50. The molecule has 32 heavy (non-hydrogen) atoms. The summed E-state index contributed by atoms with van der Waals surface area (Å²) in [6.07, 6.45) is 2.04. The molecule has 0 radical (unpaired) electrons. The van der Waals surface area contributed by atoms with E-state index in [0.717, 1.165) is 11.3 Å². The Balaban J connectivity index is 1.71. The molecular formula is C21H26N6O4S. The lowest BCUT2D eigenvalue weighted by Gasteiger charge is -2.13. The van der Waals surface area contributed by atoms with E-state index >= 15 is 0 Å². The maximum atomic E-state index is 12.5. The lowest BCUT2D eigenvalue weighted by atomic mass is 10.1. The molecule has 10 nitrogen and oxygen atoms in total. The second kappa shape index (κ2) is 8.95. The SMILES string of the molecule is CCS(=O)(=O)Nc1ccc(NC(=O)CCc2c(C)nc3c(C(N)=O)cnn3c2C)cc1C. The highest BCUT2D eigenvalue weighted by Crippen LogP contribution is 2.22. The molecule has 2 amide bonds. The van der Waals surface area contributed by atoms with Gasteiger partial charge in [-0.15, -0.1) is 0 Å². The smallest absolute Gasteiger partial charge is 0.254 e. The van der Waals surface area contributed by atoms with E-state index in [2.05, 4.69) is 20.1 Å². The molecule has 3 rings (SSSR count). The van der Waals surface area contributed by atoms with E-state index < -0.39 is 15.9 Å². The topological polar surface area (TPSA) is 149 Å². The molecule has 0 atom stereocenters. The molecule has 0 spiro atoms. The van der Waals surface area contributed by atoms with Crippen LogP contribution in [0.2, 0.25) is 0 Å². The molecule has 170 valence electrons. The molecule has 0 aliphatic carbocycles. The highest BCUT2D eigenvalue weighted by atomic mass is 32.2. The summed E-state index contributed by atoms with van der Waals surface area (Å²) in [5.74, 6) is -0.807. The molecule has 2 heterocycles. The number of hydrogen-bond acceptors (Lipinski definition) is 6. The Morgan fingerprint density at radius 1 is 1.19 bits per heavy atom. The lowest BCUT2D eigenvalue weighted by Crippen LogP contribution is -2.16. The van der Waals surface area contributed by atoms with Crippen LogP contribution in [0.4, 0.5) is 11.4 Å². The van der Waals surface area contributed by atoms with Crippen LogP contribution in [0, 0.1) is 20.8 Å². The predicted molar refractivity (Wildman–Crippen MR) is 122 cm³/mol. The largest absolute Gasteiger partial charge is 0.365 e. The number of carbonyl (C=O) groups excluding carboxylic acids is 2. The first-order chi connectivity index (χ1) is 15.0. The minimum Gasteiger partial charge on any atom is -0.365 e. The summed E-state index contributed by atoms with van der Waals surface area (Å²) >= 11 is 0. The number of carbonyl (C=O) groups is 2. The molecule has 2 aromatic heterocycles. The predicted octanol–water partition coefficient (Wildman–Crippen LogP) is 2.09. The summed E-state index contributed by atoms with van der Waals surface area (Å²) in [5.41, 5.74) is 10.1. The molecular weight excluding hydrogens is 432 g/mol. The van der Waals surface area contributed by atoms with Crippen LogP contribution in [-0.2, 0) is 21.2 Å². The van der Waals surface area contributed by atoms with E-state index in [1.165, 1.54) is 6.20 Å². The van der Waals surface area contributed by atoms with E-state index in [1.54, 1.807) is 36.6 Å². The van der Waals surface area contributed by atoms with Crippen molar-refractivity contribution in [3.05, 3.63) is 52.5 Å². The number of amides is 2. The van der Waals surface area contributed by atoms with E-state index in [1.807, 2.05) is 13.8 Å². The summed E-state index contributed by atoms with van der Waals surface area (Å²) in [7, 11) is -3.37. The minimum atomic E-state index is -3.37. The van der Waals surface area contributed by atoms with Crippen molar-refractivity contribution in [3.63, 3.8) is 0 Å². The summed E-state index contributed by atoms with van der Waals surface area (Å²) in [5, 5.41) is 7.02. The van der Waals surface area contributed by atoms with Gasteiger partial charge in [-0.05, 0) is 63.4 Å². The molecule has 0 saturated heterocycles. The van der Waals surface area contributed by atoms with Crippen LogP contribution in [0.5, 0.6) is 0 Å². The number of fused-ring (bicyclic) bond motifs is 1. The van der Waals surface area contributed by atoms with Gasteiger partial charge in [0.15, 0.2) is 5.65 Å². The molecule has 11 heteroatoms. The van der Waals surface area contributed by atoms with Gasteiger partial charge in [-0.25, -0.2) is 17.9 Å². The Morgan fingerprint density at radius 3 is 2.53 bits per heavy atom. The van der Waals surface area contributed by atoms with Gasteiger partial charge < -0.3 is 11.1 Å². The molecule has 0 unspecified atom stereocenters. The zero-order chi connectivity index (χ0) is 23.6. The fraction of sp³-hybridized carbons (Fsp3) is 0.333. The average molecular weight is 459 g/mol. The van der Waals surface area contributed by atoms with E-state index in [4.69, 9.17) is 5.73 Å². The number of aryl methyl sites for hydroxylation is 3. The standard InChI is InChI=1S/C21H26N6O4S/c1-5-32(30,31)26-18-8-6-15(10-12(18)2)25-19(28)9-7-16-13(3)24-21-17(20(22)29)11-23-27(21)14(16)4/h6,8,10-11,26H,5,7,9H2,1-4H3,(H2,22,29)(H,25,28). The minimum absolute atomic E-state index is 0.0210. The Morgan fingerprint density at radius 2 is 1.91 bits per heavy atom. The van der Waals surface area contributed by atoms with Crippen molar-refractivity contribution in [2.45, 2.75) is 40.5 Å². The summed E-state index contributed by atoms with van der Waals surface area (Å²) in [4.78, 5) is 28.5. The van der Waals surface area contributed by atoms with Gasteiger partial charge >= 0.3 is 0 Å². The van der Waals surface area contributed by atoms with Crippen molar-refractivity contribution >= 4 is 38.9 Å². The summed E-state index contributed by atoms with van der Waals surface area (Å²) in [6, 6.07) is 4.99. The van der Waals surface area contributed by atoms with Crippen molar-refractivity contribution in [2.75, 3.05) is 15.8 Å². The van der Waals surface area contributed by atoms with Gasteiger partial charge in [-0.2, -0.15) is 5.10 Å². The number of nitrogens with zero attached hydrogens (tertiary/aromatic N) is 3. The van der Waals surface area contributed by atoms with Crippen molar-refractivity contribution in [1.29, 1.82) is 0 Å². The van der Waals surface area contributed by atoms with Crippen molar-refractivity contribution in [2.24, 2.45) is 5.73 Å². The molecule has 0 saturated carbocycles. The molecule has 3 aromatic rings. The fourth-order valence-corrected chi connectivity index (χ4v) is 4.11. The normalized spacial score (nSPS) is 11.5. The number of nitrogens with one attached hydrogen (secondary N) is 2. The third-order valence-corrected chi connectivity index (χ3v) is 6.52. The molecule has 0 fully saturated rings. The van der Waals surface area contributed by atoms with Gasteiger partial charge in [0.1, 0.15) is 5.56 Å². The third kappa shape index (κ3) is 4.88. The zero-order valence-electron chi connectivity index (χ0n) is 18.4. The number of rotatable bonds is 8. The fourth-order valence-electron chi connectivity index (χ4n) is 3.40. The van der Waals surface area contributed by atoms with Crippen LogP contribution in [0.3, 0.4) is 0 Å². The molecule has 4 N–H and O–H groups in total. The van der Waals surface area contributed by atoms with Crippen LogP contribution in [-0.4, -0.2) is 40.6 Å². The van der Waals surface area contributed by atoms with Crippen LogP contribution < -0.4 is 15.8 Å². The number of benzene rings is 1. The first kappa shape index (κ1) is 23.2. The first-order valence-electron chi connectivity index (χ1n) is 10.1. The number of hydrogen-bond donors (Lipinski definition) is 3.